The van der Waals surface area contributed by atoms with Crippen LogP contribution >= 0.6 is 27.5 Å². The molecule has 2 aromatic rings. The molecule has 9 N–H and O–H groups in total. The number of alkyl halides is 2. The number of nitrogens with two attached hydrogens (primary N) is 1. The van der Waals surface area contributed by atoms with E-state index in [-0.39, 0.29) is 5.69 Å². The van der Waals surface area contributed by atoms with Gasteiger partial charge in [-0.05, 0) is 17.5 Å². The minimum atomic E-state index is -3.16. The number of hydrogen-bond acceptors (Lipinski definition) is 8. The van der Waals surface area contributed by atoms with Crippen LogP contribution in [0.15, 0.2) is 30.3 Å². The van der Waals surface area contributed by atoms with Crippen LogP contribution in [-0.2, 0) is 9.53 Å². The maximum atomic E-state index is 12.0. The molecule has 160 valence electrons. The van der Waals surface area contributed by atoms with Crippen molar-refractivity contribution in [1.82, 2.24) is 4.98 Å². The highest BCUT2D eigenvalue weighted by molar-refractivity contribution is 9.10. The second-order valence-corrected chi connectivity index (χ2v) is 8.86. The van der Waals surface area contributed by atoms with Gasteiger partial charge < -0.3 is 46.1 Å². The SMILES string of the molecule is N[C@@]1(Br)[C@H](C(O)C(O)CO)OC(O)(C(=O)O)C(c2cc3ccccc3[nH]2)[C@@]1(O)Cl. The average Bonchev–Trinajstić information content (AvgIpc) is 3.06. The third-order valence-electron chi connectivity index (χ3n) is 5.09. The van der Waals surface area contributed by atoms with Gasteiger partial charge in [-0.3, -0.25) is 0 Å². The first-order valence-corrected chi connectivity index (χ1v) is 9.62. The van der Waals surface area contributed by atoms with E-state index in [1.807, 2.05) is 0 Å². The number of aromatic nitrogens is 1. The highest BCUT2D eigenvalue weighted by Crippen LogP contribution is 2.55. The van der Waals surface area contributed by atoms with Gasteiger partial charge in [0.1, 0.15) is 28.7 Å². The molecule has 1 aliphatic heterocycles. The molecule has 1 fully saturated rings. The van der Waals surface area contributed by atoms with Crippen LogP contribution in [0.1, 0.15) is 11.6 Å². The summed E-state index contributed by atoms with van der Waals surface area (Å²) < 4.78 is 2.97. The molecule has 4 unspecified atom stereocenters. The standard InChI is InChI=1S/C17H20BrClN2O8/c18-16(20)13(11(24)10(23)6-22)29-15(27,14(25)26)12(17(16,19)28)9-5-7-3-1-2-4-8(7)21-9/h1-5,10-13,21-24,27-28H,6,20H2,(H,25,26)/t10?,11?,12?,13-,15?,16-,17-/m0/s1. The molecule has 1 aliphatic rings. The molecule has 1 aromatic carbocycles. The number of carboxylic acid groups (broad SMARTS) is 1. The van der Waals surface area contributed by atoms with Gasteiger partial charge in [0.05, 0.1) is 6.61 Å². The Morgan fingerprint density at radius 2 is 1.97 bits per heavy atom. The van der Waals surface area contributed by atoms with Gasteiger partial charge >= 0.3 is 5.97 Å². The second-order valence-electron chi connectivity index (χ2n) is 6.97. The fourth-order valence-electron chi connectivity index (χ4n) is 3.50. The molecular weight excluding hydrogens is 476 g/mol. The minimum absolute atomic E-state index is 0.00137. The Morgan fingerprint density at radius 1 is 1.34 bits per heavy atom. The maximum Gasteiger partial charge on any atom is 0.365 e. The molecule has 1 saturated heterocycles. The number of carbonyl (C=O) groups is 1. The number of aliphatic hydroxyl groups excluding tert-OH is 3. The van der Waals surface area contributed by atoms with E-state index in [4.69, 9.17) is 27.2 Å². The van der Waals surface area contributed by atoms with Crippen LogP contribution in [0, 0.1) is 0 Å². The van der Waals surface area contributed by atoms with Crippen molar-refractivity contribution in [3.8, 4) is 0 Å². The van der Waals surface area contributed by atoms with Crippen molar-refractivity contribution < 1.29 is 40.2 Å². The molecule has 0 aliphatic carbocycles. The number of hydrogen-bond donors (Lipinski definition) is 8. The zero-order chi connectivity index (χ0) is 21.8. The second kappa shape index (κ2) is 7.45. The van der Waals surface area contributed by atoms with E-state index in [0.717, 1.165) is 0 Å². The summed E-state index contributed by atoms with van der Waals surface area (Å²) >= 11 is 9.27. The number of ether oxygens (including phenoxy) is 1. The largest absolute Gasteiger partial charge is 0.477 e. The van der Waals surface area contributed by atoms with Gasteiger partial charge in [0.15, 0.2) is 5.06 Å². The van der Waals surface area contributed by atoms with Gasteiger partial charge in [-0.2, -0.15) is 0 Å². The highest BCUT2D eigenvalue weighted by atomic mass is 79.9. The molecule has 7 atom stereocenters. The number of aliphatic hydroxyl groups is 5. The molecule has 12 heteroatoms. The summed E-state index contributed by atoms with van der Waals surface area (Å²) in [5.74, 6) is -6.94. The molecular formula is C17H20BrClN2O8. The van der Waals surface area contributed by atoms with Gasteiger partial charge in [-0.25, -0.2) is 4.79 Å². The van der Waals surface area contributed by atoms with Crippen molar-refractivity contribution in [2.24, 2.45) is 5.73 Å². The molecule has 29 heavy (non-hydrogen) atoms. The third-order valence-corrected chi connectivity index (χ3v) is 6.91. The summed E-state index contributed by atoms with van der Waals surface area (Å²) in [6.45, 7) is -0.929. The van der Waals surface area contributed by atoms with Crippen molar-refractivity contribution in [3.05, 3.63) is 36.0 Å². The molecule has 0 radical (unpaired) electrons. The monoisotopic (exact) mass is 494 g/mol. The van der Waals surface area contributed by atoms with Crippen LogP contribution in [0.3, 0.4) is 0 Å². The van der Waals surface area contributed by atoms with Crippen LogP contribution in [-0.4, -0.2) is 81.8 Å². The molecule has 0 saturated carbocycles. The smallest absolute Gasteiger partial charge is 0.365 e. The van der Waals surface area contributed by atoms with Gasteiger partial charge in [0.25, 0.3) is 5.79 Å². The Kier molecular flexibility index (Phi) is 5.75. The first-order valence-electron chi connectivity index (χ1n) is 8.45. The molecule has 0 spiro atoms. The van der Waals surface area contributed by atoms with Crippen molar-refractivity contribution in [2.45, 2.75) is 39.5 Å². The molecule has 1 aromatic heterocycles. The number of aliphatic carboxylic acids is 1. The third kappa shape index (κ3) is 3.36. The summed E-state index contributed by atoms with van der Waals surface area (Å²) in [6, 6.07) is 8.31. The lowest BCUT2D eigenvalue weighted by Crippen LogP contribution is -2.77. The predicted octanol–water partition coefficient (Wildman–Crippen LogP) is -0.885. The molecule has 0 amide bonds. The summed E-state index contributed by atoms with van der Waals surface area (Å²) in [7, 11) is 0. The van der Waals surface area contributed by atoms with E-state index in [1.165, 1.54) is 6.07 Å². The van der Waals surface area contributed by atoms with Gasteiger partial charge in [0.2, 0.25) is 0 Å². The lowest BCUT2D eigenvalue weighted by Gasteiger charge is -2.55. The predicted molar refractivity (Wildman–Crippen MR) is 104 cm³/mol. The lowest BCUT2D eigenvalue weighted by molar-refractivity contribution is -0.313. The average molecular weight is 496 g/mol. The Morgan fingerprint density at radius 3 is 2.52 bits per heavy atom. The topological polar surface area (TPSA) is 189 Å². The van der Waals surface area contributed by atoms with E-state index in [1.54, 1.807) is 24.3 Å². The number of nitrogens with one attached hydrogen (secondary N) is 1. The van der Waals surface area contributed by atoms with Crippen LogP contribution < -0.4 is 5.73 Å². The van der Waals surface area contributed by atoms with Crippen molar-refractivity contribution in [1.29, 1.82) is 0 Å². The normalized spacial score (nSPS) is 37.4. The Hall–Kier alpha value is -1.28. The molecule has 10 nitrogen and oxygen atoms in total. The number of H-pyrrole nitrogens is 1. The maximum absolute atomic E-state index is 12.0. The number of benzene rings is 1. The minimum Gasteiger partial charge on any atom is -0.477 e. The Bertz CT molecular complexity index is 889. The van der Waals surface area contributed by atoms with E-state index in [0.29, 0.717) is 10.9 Å². The number of para-hydroxylation sites is 1. The highest BCUT2D eigenvalue weighted by Gasteiger charge is 2.72. The van der Waals surface area contributed by atoms with Crippen molar-refractivity contribution in [2.75, 3.05) is 6.61 Å². The molecule has 0 bridgehead atoms. The van der Waals surface area contributed by atoms with Crippen LogP contribution in [0.4, 0.5) is 0 Å². The van der Waals surface area contributed by atoms with Gasteiger partial charge in [-0.1, -0.05) is 45.7 Å². The van der Waals surface area contributed by atoms with E-state index < -0.39 is 52.1 Å². The number of carboxylic acids is 1. The van der Waals surface area contributed by atoms with E-state index in [9.17, 15) is 30.3 Å². The quantitative estimate of drug-likeness (QED) is 0.192. The summed E-state index contributed by atoms with van der Waals surface area (Å²) in [4.78, 5) is 14.8. The number of halogens is 2. The van der Waals surface area contributed by atoms with Gasteiger partial charge in [0, 0.05) is 11.2 Å². The Balaban J connectivity index is 2.18. The zero-order valence-electron chi connectivity index (χ0n) is 14.7. The van der Waals surface area contributed by atoms with E-state index in [2.05, 4.69) is 20.9 Å². The fourth-order valence-corrected chi connectivity index (χ4v) is 4.46. The summed E-state index contributed by atoms with van der Waals surface area (Å²) in [6.07, 6.45) is -5.77. The summed E-state index contributed by atoms with van der Waals surface area (Å²) in [5, 5.41) is 58.7. The fraction of sp³-hybridized carbons (Fsp3) is 0.471. The lowest BCUT2D eigenvalue weighted by atomic mass is 9.78. The summed E-state index contributed by atoms with van der Waals surface area (Å²) in [5.41, 5.74) is 6.64. The van der Waals surface area contributed by atoms with E-state index >= 15 is 0 Å². The number of fused-ring (bicyclic) bond motifs is 1. The number of rotatable bonds is 5. The van der Waals surface area contributed by atoms with Gasteiger partial charge in [-0.15, -0.1) is 0 Å². The van der Waals surface area contributed by atoms with Crippen molar-refractivity contribution in [3.63, 3.8) is 0 Å². The number of aromatic amines is 1. The molecule has 2 heterocycles. The van der Waals surface area contributed by atoms with Crippen molar-refractivity contribution >= 4 is 44.4 Å². The first kappa shape index (κ1) is 22.4. The van der Waals surface area contributed by atoms with Crippen LogP contribution in [0.5, 0.6) is 0 Å². The first-order chi connectivity index (χ1) is 13.4. The van der Waals surface area contributed by atoms with Crippen LogP contribution in [0.25, 0.3) is 10.9 Å². The zero-order valence-corrected chi connectivity index (χ0v) is 17.1. The van der Waals surface area contributed by atoms with Crippen LogP contribution in [0.2, 0.25) is 0 Å². The molecule has 3 rings (SSSR count). The Labute approximate surface area is 177 Å².